The van der Waals surface area contributed by atoms with Crippen molar-refractivity contribution in [3.05, 3.63) is 36.0 Å². The van der Waals surface area contributed by atoms with Gasteiger partial charge >= 0.3 is 5.97 Å². The smallest absolute Gasteiger partial charge is 0.334 e. The summed E-state index contributed by atoms with van der Waals surface area (Å²) in [6.07, 6.45) is 9.08. The van der Waals surface area contributed by atoms with E-state index in [2.05, 4.69) is 32.6 Å². The summed E-state index contributed by atoms with van der Waals surface area (Å²) in [5, 5.41) is 0. The third kappa shape index (κ3) is 2.21. The molecule has 2 atom stereocenters. The van der Waals surface area contributed by atoms with Crippen molar-refractivity contribution in [2.45, 2.75) is 33.1 Å². The fourth-order valence-corrected chi connectivity index (χ4v) is 2.58. The van der Waals surface area contributed by atoms with Crippen LogP contribution in [0.4, 0.5) is 0 Å². The van der Waals surface area contributed by atoms with Crippen LogP contribution >= 0.6 is 0 Å². The SMILES string of the molecule is C=C1C=CC[C@@H](C)[C@]1(C)CCC1=CCOC1=O. The molecule has 0 amide bonds. The zero-order valence-corrected chi connectivity index (χ0v) is 10.7. The first kappa shape index (κ1) is 12.2. The van der Waals surface area contributed by atoms with Crippen LogP contribution in [0.3, 0.4) is 0 Å². The Balaban J connectivity index is 2.04. The number of hydrogen-bond donors (Lipinski definition) is 0. The topological polar surface area (TPSA) is 26.3 Å². The van der Waals surface area contributed by atoms with E-state index in [4.69, 9.17) is 4.74 Å². The van der Waals surface area contributed by atoms with Crippen molar-refractivity contribution in [1.29, 1.82) is 0 Å². The van der Waals surface area contributed by atoms with Crippen molar-refractivity contribution in [3.63, 3.8) is 0 Å². The Morgan fingerprint density at radius 2 is 2.35 bits per heavy atom. The van der Waals surface area contributed by atoms with Crippen LogP contribution in [0.5, 0.6) is 0 Å². The van der Waals surface area contributed by atoms with Crippen LogP contribution in [0, 0.1) is 11.3 Å². The minimum absolute atomic E-state index is 0.110. The van der Waals surface area contributed by atoms with Crippen molar-refractivity contribution in [3.8, 4) is 0 Å². The largest absolute Gasteiger partial charge is 0.458 e. The van der Waals surface area contributed by atoms with Crippen molar-refractivity contribution in [2.24, 2.45) is 11.3 Å². The molecule has 0 aromatic heterocycles. The molecule has 2 heteroatoms. The third-order valence-electron chi connectivity index (χ3n) is 4.35. The Labute approximate surface area is 103 Å². The second-order valence-corrected chi connectivity index (χ2v) is 5.31. The molecule has 0 spiro atoms. The molecule has 0 fully saturated rings. The van der Waals surface area contributed by atoms with E-state index < -0.39 is 0 Å². The number of hydrogen-bond acceptors (Lipinski definition) is 2. The molecule has 0 unspecified atom stereocenters. The van der Waals surface area contributed by atoms with E-state index in [9.17, 15) is 4.79 Å². The summed E-state index contributed by atoms with van der Waals surface area (Å²) < 4.78 is 4.92. The average molecular weight is 232 g/mol. The summed E-state index contributed by atoms with van der Waals surface area (Å²) in [7, 11) is 0. The molecule has 0 aromatic carbocycles. The van der Waals surface area contributed by atoms with Gasteiger partial charge in [0.25, 0.3) is 0 Å². The van der Waals surface area contributed by atoms with Gasteiger partial charge in [0.05, 0.1) is 0 Å². The molecular weight excluding hydrogens is 212 g/mol. The van der Waals surface area contributed by atoms with Gasteiger partial charge in [-0.2, -0.15) is 0 Å². The highest BCUT2D eigenvalue weighted by Gasteiger charge is 2.35. The van der Waals surface area contributed by atoms with Crippen LogP contribution < -0.4 is 0 Å². The molecule has 0 saturated heterocycles. The molecular formula is C15H20O2. The lowest BCUT2D eigenvalue weighted by atomic mass is 9.65. The van der Waals surface area contributed by atoms with E-state index in [0.717, 1.165) is 24.8 Å². The van der Waals surface area contributed by atoms with Gasteiger partial charge in [0.15, 0.2) is 0 Å². The number of cyclic esters (lactones) is 1. The standard InChI is InChI=1S/C15H20O2/c1-11-5-4-6-12(2)15(11,3)9-7-13-8-10-17-14(13)16/h4-5,8,12H,1,6-7,9-10H2,2-3H3/t12-,15-/m1/s1. The average Bonchev–Trinajstić information content (AvgIpc) is 2.69. The fourth-order valence-electron chi connectivity index (χ4n) is 2.58. The van der Waals surface area contributed by atoms with E-state index in [0.29, 0.717) is 12.5 Å². The number of carbonyl (C=O) groups excluding carboxylic acids is 1. The highest BCUT2D eigenvalue weighted by molar-refractivity contribution is 5.90. The monoisotopic (exact) mass is 232 g/mol. The van der Waals surface area contributed by atoms with Gasteiger partial charge in [0.2, 0.25) is 0 Å². The summed E-state index contributed by atoms with van der Waals surface area (Å²) >= 11 is 0. The molecule has 0 aromatic rings. The number of esters is 1. The van der Waals surface area contributed by atoms with E-state index in [1.807, 2.05) is 6.08 Å². The zero-order chi connectivity index (χ0) is 12.5. The van der Waals surface area contributed by atoms with Crippen LogP contribution in [0.1, 0.15) is 33.1 Å². The molecule has 0 saturated carbocycles. The van der Waals surface area contributed by atoms with Gasteiger partial charge in [-0.05, 0) is 42.2 Å². The number of carbonyl (C=O) groups is 1. The second kappa shape index (κ2) is 4.52. The van der Waals surface area contributed by atoms with E-state index in [-0.39, 0.29) is 11.4 Å². The van der Waals surface area contributed by atoms with E-state index >= 15 is 0 Å². The van der Waals surface area contributed by atoms with Gasteiger partial charge in [-0.1, -0.05) is 32.6 Å². The Morgan fingerprint density at radius 1 is 1.59 bits per heavy atom. The predicted octanol–water partition coefficient (Wildman–Crippen LogP) is 3.41. The number of rotatable bonds is 3. The Kier molecular flexibility index (Phi) is 3.23. The second-order valence-electron chi connectivity index (χ2n) is 5.31. The first-order valence-corrected chi connectivity index (χ1v) is 6.26. The molecule has 1 aliphatic carbocycles. The lowest BCUT2D eigenvalue weighted by molar-refractivity contribution is -0.136. The quantitative estimate of drug-likeness (QED) is 0.697. The summed E-state index contributed by atoms with van der Waals surface area (Å²) in [5.74, 6) is 0.441. The summed E-state index contributed by atoms with van der Waals surface area (Å²) in [4.78, 5) is 11.4. The predicted molar refractivity (Wildman–Crippen MR) is 68.4 cm³/mol. The number of allylic oxidation sites excluding steroid dienone is 3. The molecule has 2 rings (SSSR count). The van der Waals surface area contributed by atoms with E-state index in [1.54, 1.807) is 0 Å². The van der Waals surface area contributed by atoms with Crippen LogP contribution in [0.25, 0.3) is 0 Å². The molecule has 17 heavy (non-hydrogen) atoms. The molecule has 1 heterocycles. The Hall–Kier alpha value is -1.31. The fraction of sp³-hybridized carbons (Fsp3) is 0.533. The Bertz CT molecular complexity index is 403. The van der Waals surface area contributed by atoms with Crippen molar-refractivity contribution >= 4 is 5.97 Å². The minimum atomic E-state index is -0.141. The molecule has 92 valence electrons. The van der Waals surface area contributed by atoms with Crippen molar-refractivity contribution in [1.82, 2.24) is 0 Å². The van der Waals surface area contributed by atoms with E-state index in [1.165, 1.54) is 5.57 Å². The lowest BCUT2D eigenvalue weighted by Crippen LogP contribution is -2.29. The van der Waals surface area contributed by atoms with Crippen molar-refractivity contribution in [2.75, 3.05) is 6.61 Å². The van der Waals surface area contributed by atoms with Gasteiger partial charge in [-0.15, -0.1) is 0 Å². The van der Waals surface area contributed by atoms with Crippen LogP contribution in [0.2, 0.25) is 0 Å². The van der Waals surface area contributed by atoms with Gasteiger partial charge in [0, 0.05) is 5.57 Å². The highest BCUT2D eigenvalue weighted by Crippen LogP contribution is 2.45. The summed E-state index contributed by atoms with van der Waals surface area (Å²) in [5.41, 5.74) is 2.13. The maximum absolute atomic E-state index is 11.4. The molecule has 0 N–H and O–H groups in total. The normalized spacial score (nSPS) is 32.6. The lowest BCUT2D eigenvalue weighted by Gasteiger charge is -2.39. The highest BCUT2D eigenvalue weighted by atomic mass is 16.5. The van der Waals surface area contributed by atoms with Gasteiger partial charge in [-0.25, -0.2) is 4.79 Å². The van der Waals surface area contributed by atoms with Gasteiger partial charge in [0.1, 0.15) is 6.61 Å². The zero-order valence-electron chi connectivity index (χ0n) is 10.7. The number of ether oxygens (including phenoxy) is 1. The van der Waals surface area contributed by atoms with Gasteiger partial charge < -0.3 is 4.74 Å². The van der Waals surface area contributed by atoms with Crippen molar-refractivity contribution < 1.29 is 9.53 Å². The molecule has 2 aliphatic rings. The Morgan fingerprint density at radius 3 is 2.94 bits per heavy atom. The molecule has 0 radical (unpaired) electrons. The molecule has 1 aliphatic heterocycles. The van der Waals surface area contributed by atoms with Crippen LogP contribution in [-0.4, -0.2) is 12.6 Å². The minimum Gasteiger partial charge on any atom is -0.458 e. The maximum Gasteiger partial charge on any atom is 0.334 e. The first-order valence-electron chi connectivity index (χ1n) is 6.26. The summed E-state index contributed by atoms with van der Waals surface area (Å²) in [6.45, 7) is 9.12. The third-order valence-corrected chi connectivity index (χ3v) is 4.35. The molecule has 0 bridgehead atoms. The summed E-state index contributed by atoms with van der Waals surface area (Å²) in [6, 6.07) is 0. The van der Waals surface area contributed by atoms with Crippen LogP contribution in [0.15, 0.2) is 36.0 Å². The first-order chi connectivity index (χ1) is 8.04. The maximum atomic E-state index is 11.4. The van der Waals surface area contributed by atoms with Crippen LogP contribution in [-0.2, 0) is 9.53 Å². The van der Waals surface area contributed by atoms with Gasteiger partial charge in [-0.3, -0.25) is 0 Å². The molecule has 2 nitrogen and oxygen atoms in total.